The first-order valence-corrected chi connectivity index (χ1v) is 13.5. The van der Waals surface area contributed by atoms with Gasteiger partial charge in [0.15, 0.2) is 0 Å². The van der Waals surface area contributed by atoms with E-state index in [9.17, 15) is 18.3 Å². The van der Waals surface area contributed by atoms with Crippen LogP contribution in [0, 0.1) is 6.92 Å². The van der Waals surface area contributed by atoms with Crippen molar-refractivity contribution < 1.29 is 18.3 Å². The van der Waals surface area contributed by atoms with E-state index in [1.54, 1.807) is 24.3 Å². The van der Waals surface area contributed by atoms with E-state index >= 15 is 0 Å². The third kappa shape index (κ3) is 6.92. The Labute approximate surface area is 218 Å². The zero-order chi connectivity index (χ0) is 26.3. The van der Waals surface area contributed by atoms with Crippen LogP contribution in [-0.4, -0.2) is 25.5 Å². The zero-order valence-corrected chi connectivity index (χ0v) is 21.3. The number of amides is 1. The molecule has 0 fully saturated rings. The van der Waals surface area contributed by atoms with Crippen LogP contribution in [-0.2, 0) is 21.2 Å². The highest BCUT2D eigenvalue weighted by atomic mass is 32.2. The van der Waals surface area contributed by atoms with Crippen LogP contribution >= 0.6 is 0 Å². The number of rotatable bonds is 10. The van der Waals surface area contributed by atoms with Gasteiger partial charge in [0.25, 0.3) is 0 Å². The van der Waals surface area contributed by atoms with Crippen molar-refractivity contribution in [1.82, 2.24) is 10.0 Å². The van der Waals surface area contributed by atoms with Gasteiger partial charge in [-0.25, -0.2) is 8.42 Å². The van der Waals surface area contributed by atoms with Crippen LogP contribution in [0.25, 0.3) is 0 Å². The second kappa shape index (κ2) is 12.0. The summed E-state index contributed by atoms with van der Waals surface area (Å²) in [5, 5.41) is 14.2. The molecule has 0 aromatic heterocycles. The smallest absolute Gasteiger partial charge is 0.241 e. The Morgan fingerprint density at radius 2 is 1.27 bits per heavy atom. The maximum atomic E-state index is 13.7. The lowest BCUT2D eigenvalue weighted by Crippen LogP contribution is -2.49. The van der Waals surface area contributed by atoms with Crippen LogP contribution in [0.5, 0.6) is 0 Å². The van der Waals surface area contributed by atoms with Crippen LogP contribution in [0.1, 0.15) is 34.4 Å². The maximum absolute atomic E-state index is 13.7. The second-order valence-electron chi connectivity index (χ2n) is 8.93. The minimum Gasteiger partial charge on any atom is -0.386 e. The van der Waals surface area contributed by atoms with Crippen molar-refractivity contribution >= 4 is 15.9 Å². The van der Waals surface area contributed by atoms with Crippen LogP contribution in [0.2, 0.25) is 0 Å². The summed E-state index contributed by atoms with van der Waals surface area (Å²) < 4.78 is 29.0. The fourth-order valence-electron chi connectivity index (χ4n) is 4.11. The molecule has 0 aliphatic rings. The molecule has 0 spiro atoms. The fourth-order valence-corrected chi connectivity index (χ4v) is 5.31. The van der Waals surface area contributed by atoms with Crippen LogP contribution in [0.4, 0.5) is 0 Å². The Hall–Kier alpha value is -3.78. The summed E-state index contributed by atoms with van der Waals surface area (Å²) in [6.45, 7) is 1.87. The average molecular weight is 515 g/mol. The molecule has 0 aliphatic carbocycles. The molecule has 0 saturated heterocycles. The summed E-state index contributed by atoms with van der Waals surface area (Å²) in [5.74, 6) is -0.539. The molecule has 37 heavy (non-hydrogen) atoms. The highest BCUT2D eigenvalue weighted by molar-refractivity contribution is 7.89. The number of sulfonamides is 1. The lowest BCUT2D eigenvalue weighted by molar-refractivity contribution is -0.124. The first-order chi connectivity index (χ1) is 17.8. The molecule has 0 radical (unpaired) electrons. The standard InChI is InChI=1S/C30H30N2O4S/c1-22-17-19-26(20-18-22)37(35,36)32-27(21-23-11-5-2-6-12-23)30(34)31-28(24-13-7-3-8-14-24)29(33)25-15-9-4-10-16-25/h2-20,27-29,32-33H,21H2,1H3,(H,31,34)/t27-,28-,29+/m0/s1. The van der Waals surface area contributed by atoms with Gasteiger partial charge in [-0.05, 0) is 42.2 Å². The van der Waals surface area contributed by atoms with Crippen molar-refractivity contribution in [2.75, 3.05) is 0 Å². The number of carbonyl (C=O) groups is 1. The largest absolute Gasteiger partial charge is 0.386 e. The number of aliphatic hydroxyl groups is 1. The van der Waals surface area contributed by atoms with Crippen molar-refractivity contribution in [3.63, 3.8) is 0 Å². The normalized spacial score (nSPS) is 13.9. The lowest BCUT2D eigenvalue weighted by atomic mass is 9.95. The molecular formula is C30H30N2O4S. The van der Waals surface area contributed by atoms with E-state index in [4.69, 9.17) is 0 Å². The van der Waals surface area contributed by atoms with Crippen molar-refractivity contribution in [3.05, 3.63) is 138 Å². The van der Waals surface area contributed by atoms with Crippen molar-refractivity contribution in [3.8, 4) is 0 Å². The van der Waals surface area contributed by atoms with Gasteiger partial charge < -0.3 is 10.4 Å². The summed E-state index contributed by atoms with van der Waals surface area (Å²) in [6.07, 6.45) is -0.903. The molecule has 0 unspecified atom stereocenters. The van der Waals surface area contributed by atoms with Gasteiger partial charge in [0.05, 0.1) is 10.9 Å². The molecule has 0 saturated carbocycles. The molecule has 1 amide bonds. The molecule has 7 heteroatoms. The van der Waals surface area contributed by atoms with Gasteiger partial charge >= 0.3 is 0 Å². The van der Waals surface area contributed by atoms with E-state index in [0.29, 0.717) is 11.1 Å². The van der Waals surface area contributed by atoms with E-state index in [1.807, 2.05) is 85.8 Å². The molecule has 4 aromatic carbocycles. The first-order valence-electron chi connectivity index (χ1n) is 12.0. The summed E-state index contributed by atoms with van der Waals surface area (Å²) in [7, 11) is -3.99. The topological polar surface area (TPSA) is 95.5 Å². The number of hydrogen-bond donors (Lipinski definition) is 3. The number of carbonyl (C=O) groups excluding carboxylic acids is 1. The van der Waals surface area contributed by atoms with Crippen LogP contribution < -0.4 is 10.0 Å². The Balaban J connectivity index is 1.65. The van der Waals surface area contributed by atoms with Crippen LogP contribution in [0.3, 0.4) is 0 Å². The molecule has 0 aliphatic heterocycles. The monoisotopic (exact) mass is 514 g/mol. The molecule has 3 atom stereocenters. The van der Waals surface area contributed by atoms with Gasteiger partial charge in [-0.15, -0.1) is 0 Å². The van der Waals surface area contributed by atoms with Gasteiger partial charge in [-0.1, -0.05) is 109 Å². The van der Waals surface area contributed by atoms with E-state index < -0.39 is 34.1 Å². The Morgan fingerprint density at radius 1 is 0.757 bits per heavy atom. The first kappa shape index (κ1) is 26.3. The predicted molar refractivity (Wildman–Crippen MR) is 144 cm³/mol. The highest BCUT2D eigenvalue weighted by Crippen LogP contribution is 2.29. The number of benzene rings is 4. The van der Waals surface area contributed by atoms with Crippen LogP contribution in [0.15, 0.2) is 120 Å². The summed E-state index contributed by atoms with van der Waals surface area (Å²) >= 11 is 0. The molecule has 4 rings (SSSR count). The van der Waals surface area contributed by atoms with Gasteiger partial charge in [0, 0.05) is 0 Å². The number of nitrogens with one attached hydrogen (secondary N) is 2. The van der Waals surface area contributed by atoms with Gasteiger partial charge in [-0.2, -0.15) is 4.72 Å². The van der Waals surface area contributed by atoms with Crippen molar-refractivity contribution in [2.24, 2.45) is 0 Å². The molecular weight excluding hydrogens is 484 g/mol. The Kier molecular flexibility index (Phi) is 8.50. The SMILES string of the molecule is Cc1ccc(S(=O)(=O)N[C@@H](Cc2ccccc2)C(=O)N[C@@H](c2ccccc2)[C@H](O)c2ccccc2)cc1. The third-order valence-electron chi connectivity index (χ3n) is 6.14. The van der Waals surface area contributed by atoms with E-state index in [1.165, 1.54) is 12.1 Å². The van der Waals surface area contributed by atoms with Gasteiger partial charge in [-0.3, -0.25) is 4.79 Å². The fraction of sp³-hybridized carbons (Fsp3) is 0.167. The minimum atomic E-state index is -3.99. The number of hydrogen-bond acceptors (Lipinski definition) is 4. The molecule has 0 heterocycles. The molecule has 3 N–H and O–H groups in total. The zero-order valence-electron chi connectivity index (χ0n) is 20.5. The van der Waals surface area contributed by atoms with E-state index in [2.05, 4.69) is 10.0 Å². The van der Waals surface area contributed by atoms with E-state index in [-0.39, 0.29) is 11.3 Å². The minimum absolute atomic E-state index is 0.0768. The molecule has 4 aromatic rings. The molecule has 0 bridgehead atoms. The quantitative estimate of drug-likeness (QED) is 0.291. The third-order valence-corrected chi connectivity index (χ3v) is 7.63. The predicted octanol–water partition coefficient (Wildman–Crippen LogP) is 4.48. The molecule has 190 valence electrons. The number of aliphatic hydroxyl groups excluding tert-OH is 1. The van der Waals surface area contributed by atoms with Crippen molar-refractivity contribution in [2.45, 2.75) is 36.4 Å². The second-order valence-corrected chi connectivity index (χ2v) is 10.6. The van der Waals surface area contributed by atoms with Crippen molar-refractivity contribution in [1.29, 1.82) is 0 Å². The number of aryl methyl sites for hydroxylation is 1. The molecule has 6 nitrogen and oxygen atoms in total. The van der Waals surface area contributed by atoms with Gasteiger partial charge in [0.2, 0.25) is 15.9 Å². The van der Waals surface area contributed by atoms with Gasteiger partial charge in [0.1, 0.15) is 12.1 Å². The Morgan fingerprint density at radius 3 is 1.84 bits per heavy atom. The van der Waals surface area contributed by atoms with E-state index in [0.717, 1.165) is 11.1 Å². The summed E-state index contributed by atoms with van der Waals surface area (Å²) in [6, 6.07) is 32.0. The summed E-state index contributed by atoms with van der Waals surface area (Å²) in [5.41, 5.74) is 3.07. The average Bonchev–Trinajstić information content (AvgIpc) is 2.92. The lowest BCUT2D eigenvalue weighted by Gasteiger charge is -2.28. The Bertz CT molecular complexity index is 1390. The maximum Gasteiger partial charge on any atom is 0.241 e. The highest BCUT2D eigenvalue weighted by Gasteiger charge is 2.31. The summed E-state index contributed by atoms with van der Waals surface area (Å²) in [4.78, 5) is 13.8.